The Kier molecular flexibility index (Phi) is 9.24. The molecule has 3 rings (SSSR count). The van der Waals surface area contributed by atoms with E-state index in [1.807, 2.05) is 40.0 Å². The monoisotopic (exact) mass is 426 g/mol. The summed E-state index contributed by atoms with van der Waals surface area (Å²) in [6, 6.07) is 8.09. The number of carbonyl (C=O) groups excluding carboxylic acids is 1. The molecule has 2 aromatic rings. The molecule has 31 heavy (non-hydrogen) atoms. The molecular formula is C23H34N6O2. The summed E-state index contributed by atoms with van der Waals surface area (Å²) in [5.74, 6) is 2.24. The van der Waals surface area contributed by atoms with Crippen molar-refractivity contribution < 1.29 is 9.53 Å². The normalized spacial score (nSPS) is 13.7. The van der Waals surface area contributed by atoms with Gasteiger partial charge in [0.05, 0.1) is 18.4 Å². The third kappa shape index (κ3) is 6.41. The van der Waals surface area contributed by atoms with Crippen molar-refractivity contribution in [3.8, 4) is 5.75 Å². The van der Waals surface area contributed by atoms with Crippen LogP contribution in [0.2, 0.25) is 0 Å². The number of carbonyl (C=O) groups is 1. The predicted molar refractivity (Wildman–Crippen MR) is 126 cm³/mol. The Morgan fingerprint density at radius 3 is 2.52 bits per heavy atom. The summed E-state index contributed by atoms with van der Waals surface area (Å²) in [6.45, 7) is 10.2. The van der Waals surface area contributed by atoms with Gasteiger partial charge in [0.2, 0.25) is 11.9 Å². The largest absolute Gasteiger partial charge is 0.497 e. The van der Waals surface area contributed by atoms with E-state index in [-0.39, 0.29) is 5.91 Å². The third-order valence-corrected chi connectivity index (χ3v) is 4.86. The van der Waals surface area contributed by atoms with Crippen LogP contribution in [0, 0.1) is 6.92 Å². The van der Waals surface area contributed by atoms with Crippen molar-refractivity contribution in [3.63, 3.8) is 0 Å². The standard InChI is InChI=1S/C21H28N6O2.C2H6/c1-14-19-18(22-3)9-12-27(13-16-5-7-17(29-4)8-6-16)20(19)26-21(25-14)24-11-10-23-15(2)28;1-2/h5-8H,9-13H2,1-4H3,(H,23,28)(H,24,25,26);1-2H3. The number of ether oxygens (including phenoxy) is 1. The van der Waals surface area contributed by atoms with E-state index in [0.717, 1.165) is 48.0 Å². The minimum absolute atomic E-state index is 0.0520. The number of aryl methyl sites for hydroxylation is 1. The van der Waals surface area contributed by atoms with Crippen LogP contribution in [0.15, 0.2) is 29.3 Å². The number of amides is 1. The van der Waals surface area contributed by atoms with E-state index in [1.165, 1.54) is 12.5 Å². The first-order chi connectivity index (χ1) is 15.0. The van der Waals surface area contributed by atoms with Crippen LogP contribution in [0.5, 0.6) is 5.75 Å². The van der Waals surface area contributed by atoms with Gasteiger partial charge in [-0.2, -0.15) is 4.98 Å². The van der Waals surface area contributed by atoms with Gasteiger partial charge in [-0.05, 0) is 24.6 Å². The Labute approximate surface area is 185 Å². The minimum atomic E-state index is -0.0520. The Balaban J connectivity index is 0.00000166. The molecule has 0 saturated carbocycles. The van der Waals surface area contributed by atoms with Gasteiger partial charge in [-0.25, -0.2) is 4.98 Å². The molecule has 0 saturated heterocycles. The van der Waals surface area contributed by atoms with Gasteiger partial charge in [0, 0.05) is 52.3 Å². The Morgan fingerprint density at radius 1 is 1.19 bits per heavy atom. The van der Waals surface area contributed by atoms with Crippen molar-refractivity contribution in [1.29, 1.82) is 0 Å². The molecule has 0 aliphatic carbocycles. The molecule has 1 amide bonds. The number of aliphatic imine (C=N–C) groups is 1. The van der Waals surface area contributed by atoms with E-state index in [2.05, 4.69) is 37.6 Å². The van der Waals surface area contributed by atoms with Crippen LogP contribution in [0.1, 0.15) is 44.0 Å². The second kappa shape index (κ2) is 11.9. The molecule has 8 nitrogen and oxygen atoms in total. The van der Waals surface area contributed by atoms with Gasteiger partial charge >= 0.3 is 0 Å². The van der Waals surface area contributed by atoms with Crippen molar-refractivity contribution in [3.05, 3.63) is 41.1 Å². The van der Waals surface area contributed by atoms with Crippen molar-refractivity contribution in [2.45, 2.75) is 40.7 Å². The van der Waals surface area contributed by atoms with E-state index in [0.29, 0.717) is 19.0 Å². The van der Waals surface area contributed by atoms with Crippen LogP contribution >= 0.6 is 0 Å². The zero-order valence-electron chi connectivity index (χ0n) is 19.5. The first-order valence-electron chi connectivity index (χ1n) is 10.7. The van der Waals surface area contributed by atoms with Crippen LogP contribution in [-0.2, 0) is 11.3 Å². The maximum Gasteiger partial charge on any atom is 0.224 e. The smallest absolute Gasteiger partial charge is 0.224 e. The quantitative estimate of drug-likeness (QED) is 0.661. The van der Waals surface area contributed by atoms with Gasteiger partial charge in [-0.3, -0.25) is 9.79 Å². The van der Waals surface area contributed by atoms with Crippen LogP contribution in [-0.4, -0.2) is 55.4 Å². The summed E-state index contributed by atoms with van der Waals surface area (Å²) in [5, 5.41) is 5.97. The van der Waals surface area contributed by atoms with Gasteiger partial charge in [0.1, 0.15) is 11.6 Å². The molecule has 2 heterocycles. The zero-order chi connectivity index (χ0) is 22.8. The number of benzene rings is 1. The molecule has 8 heteroatoms. The molecule has 0 atom stereocenters. The molecule has 0 fully saturated rings. The highest BCUT2D eigenvalue weighted by Gasteiger charge is 2.26. The average Bonchev–Trinajstić information content (AvgIpc) is 2.79. The molecule has 0 radical (unpaired) electrons. The number of nitrogens with one attached hydrogen (secondary N) is 2. The predicted octanol–water partition coefficient (Wildman–Crippen LogP) is 3.20. The number of nitrogens with zero attached hydrogens (tertiary/aromatic N) is 4. The summed E-state index contributed by atoms with van der Waals surface area (Å²) >= 11 is 0. The van der Waals surface area contributed by atoms with E-state index >= 15 is 0 Å². The van der Waals surface area contributed by atoms with Crippen LogP contribution in [0.3, 0.4) is 0 Å². The zero-order valence-corrected chi connectivity index (χ0v) is 19.5. The SMILES string of the molecule is CC.CN=C1CCN(Cc2ccc(OC)cc2)c2nc(NCCNC(C)=O)nc(C)c21. The van der Waals surface area contributed by atoms with Crippen LogP contribution < -0.4 is 20.3 Å². The molecular weight excluding hydrogens is 392 g/mol. The first-order valence-corrected chi connectivity index (χ1v) is 10.7. The van der Waals surface area contributed by atoms with Gasteiger partial charge in [0.25, 0.3) is 0 Å². The summed E-state index contributed by atoms with van der Waals surface area (Å²) in [6.07, 6.45) is 0.860. The van der Waals surface area contributed by atoms with Gasteiger partial charge < -0.3 is 20.3 Å². The highest BCUT2D eigenvalue weighted by molar-refractivity contribution is 6.07. The van der Waals surface area contributed by atoms with Crippen LogP contribution in [0.25, 0.3) is 0 Å². The summed E-state index contributed by atoms with van der Waals surface area (Å²) < 4.78 is 5.25. The highest BCUT2D eigenvalue weighted by Crippen LogP contribution is 2.30. The van der Waals surface area contributed by atoms with Crippen molar-refractivity contribution in [2.75, 3.05) is 44.0 Å². The molecule has 168 valence electrons. The van der Waals surface area contributed by atoms with Gasteiger partial charge in [-0.15, -0.1) is 0 Å². The molecule has 1 aliphatic rings. The van der Waals surface area contributed by atoms with E-state index in [1.54, 1.807) is 7.11 Å². The minimum Gasteiger partial charge on any atom is -0.497 e. The topological polar surface area (TPSA) is 91.7 Å². The summed E-state index contributed by atoms with van der Waals surface area (Å²) in [4.78, 5) is 27.1. The number of hydrogen-bond acceptors (Lipinski definition) is 7. The molecule has 1 aliphatic heterocycles. The number of anilines is 2. The number of fused-ring (bicyclic) bond motifs is 1. The fourth-order valence-corrected chi connectivity index (χ4v) is 3.42. The molecule has 2 N–H and O–H groups in total. The third-order valence-electron chi connectivity index (χ3n) is 4.86. The fourth-order valence-electron chi connectivity index (χ4n) is 3.42. The summed E-state index contributed by atoms with van der Waals surface area (Å²) in [7, 11) is 3.49. The molecule has 0 spiro atoms. The number of methoxy groups -OCH3 is 1. The average molecular weight is 427 g/mol. The lowest BCUT2D eigenvalue weighted by Gasteiger charge is -2.32. The Hall–Kier alpha value is -3.16. The lowest BCUT2D eigenvalue weighted by molar-refractivity contribution is -0.118. The second-order valence-corrected chi connectivity index (χ2v) is 6.93. The highest BCUT2D eigenvalue weighted by atomic mass is 16.5. The summed E-state index contributed by atoms with van der Waals surface area (Å²) in [5.41, 5.74) is 4.13. The molecule has 0 bridgehead atoms. The van der Waals surface area contributed by atoms with E-state index in [4.69, 9.17) is 9.72 Å². The number of aromatic nitrogens is 2. The fraction of sp³-hybridized carbons (Fsp3) is 0.478. The maximum atomic E-state index is 11.0. The molecule has 1 aromatic heterocycles. The Morgan fingerprint density at radius 2 is 1.90 bits per heavy atom. The van der Waals surface area contributed by atoms with Gasteiger partial charge in [-0.1, -0.05) is 26.0 Å². The van der Waals surface area contributed by atoms with Gasteiger partial charge in [0.15, 0.2) is 0 Å². The number of hydrogen-bond donors (Lipinski definition) is 2. The lowest BCUT2D eigenvalue weighted by atomic mass is 10.0. The van der Waals surface area contributed by atoms with Crippen molar-refractivity contribution >= 4 is 23.4 Å². The van der Waals surface area contributed by atoms with Crippen LogP contribution in [0.4, 0.5) is 11.8 Å². The Bertz CT molecular complexity index is 896. The molecule has 0 unspecified atom stereocenters. The lowest BCUT2D eigenvalue weighted by Crippen LogP contribution is -2.34. The maximum absolute atomic E-state index is 11.0. The van der Waals surface area contributed by atoms with E-state index < -0.39 is 0 Å². The second-order valence-electron chi connectivity index (χ2n) is 6.93. The number of rotatable bonds is 7. The molecule has 1 aromatic carbocycles. The first kappa shape index (κ1) is 24.1. The van der Waals surface area contributed by atoms with Crippen molar-refractivity contribution in [1.82, 2.24) is 15.3 Å². The van der Waals surface area contributed by atoms with Crippen molar-refractivity contribution in [2.24, 2.45) is 4.99 Å². The van der Waals surface area contributed by atoms with E-state index in [9.17, 15) is 4.79 Å².